The van der Waals surface area contributed by atoms with E-state index in [1.807, 2.05) is 48.8 Å². The molecule has 0 radical (unpaired) electrons. The molecule has 0 aliphatic carbocycles. The maximum absolute atomic E-state index is 4.36. The van der Waals surface area contributed by atoms with Crippen LogP contribution in [-0.2, 0) is 0 Å². The monoisotopic (exact) mass is 248 g/mol. The second-order valence-electron chi connectivity index (χ2n) is 3.56. The van der Waals surface area contributed by atoms with E-state index < -0.39 is 0 Å². The van der Waals surface area contributed by atoms with E-state index in [9.17, 15) is 0 Å². The Labute approximate surface area is 100 Å². The lowest BCUT2D eigenvalue weighted by Crippen LogP contribution is -2.02. The molecule has 0 amide bonds. The molecule has 0 saturated carbocycles. The van der Waals surface area contributed by atoms with Crippen molar-refractivity contribution in [2.24, 2.45) is 0 Å². The van der Waals surface area contributed by atoms with Gasteiger partial charge in [0.15, 0.2) is 0 Å². The average Bonchev–Trinajstić information content (AvgIpc) is 2.39. The summed E-state index contributed by atoms with van der Waals surface area (Å²) in [5, 5.41) is 0. The quantitative estimate of drug-likeness (QED) is 0.780. The van der Waals surface area contributed by atoms with Crippen LogP contribution in [-0.4, -0.2) is 9.97 Å². The number of nitrogens with zero attached hydrogens (tertiary/aromatic N) is 2. The Morgan fingerprint density at radius 2 is 1.19 bits per heavy atom. The lowest BCUT2D eigenvalue weighted by Gasteiger charge is -2.18. The highest BCUT2D eigenvalue weighted by Crippen LogP contribution is 2.40. The lowest BCUT2D eigenvalue weighted by molar-refractivity contribution is 0.838. The Hall–Kier alpha value is -0.840. The van der Waals surface area contributed by atoms with Crippen LogP contribution >= 0.6 is 18.5 Å². The Balaban J connectivity index is 2.20. The molecule has 0 spiro atoms. The zero-order valence-electron chi connectivity index (χ0n) is 8.82. The first kappa shape index (κ1) is 11.6. The smallest absolute Gasteiger partial charge is 0.0482 e. The number of hydrogen-bond acceptors (Lipinski definition) is 2. The van der Waals surface area contributed by atoms with E-state index in [1.165, 1.54) is 0 Å². The maximum Gasteiger partial charge on any atom is 0.0482 e. The molecule has 2 heterocycles. The number of rotatable bonds is 3. The number of pyridine rings is 2. The summed E-state index contributed by atoms with van der Waals surface area (Å²) in [4.78, 5) is 8.73. The molecule has 16 heavy (non-hydrogen) atoms. The minimum atomic E-state index is 0.265. The minimum Gasteiger partial charge on any atom is -0.261 e. The molecular formula is C12H14N2P2. The fraction of sp³-hybridized carbons (Fsp3) is 0.167. The summed E-state index contributed by atoms with van der Waals surface area (Å²) in [7, 11) is 5.67. The van der Waals surface area contributed by atoms with Gasteiger partial charge in [0.05, 0.1) is 0 Å². The van der Waals surface area contributed by atoms with Crippen molar-refractivity contribution in [1.82, 2.24) is 9.97 Å². The van der Waals surface area contributed by atoms with Gasteiger partial charge in [0, 0.05) is 35.1 Å². The van der Waals surface area contributed by atoms with Crippen LogP contribution in [0.15, 0.2) is 48.8 Å². The standard InChI is InChI=1S/C12H14N2P2/c15-11(9-5-1-3-7-13-9)12(16)10-6-2-4-8-14-10/h1-8,11-12H,15-16H2/t11-,12-/m0/s1. The van der Waals surface area contributed by atoms with E-state index in [0.717, 1.165) is 11.4 Å². The Morgan fingerprint density at radius 1 is 0.750 bits per heavy atom. The summed E-state index contributed by atoms with van der Waals surface area (Å²) in [6, 6.07) is 12.0. The van der Waals surface area contributed by atoms with Gasteiger partial charge in [-0.05, 0) is 24.3 Å². The van der Waals surface area contributed by atoms with Crippen molar-refractivity contribution in [1.29, 1.82) is 0 Å². The van der Waals surface area contributed by atoms with Gasteiger partial charge in [0.2, 0.25) is 0 Å². The molecule has 0 aromatic carbocycles. The third-order valence-corrected chi connectivity index (χ3v) is 4.40. The molecule has 2 aromatic rings. The van der Waals surface area contributed by atoms with E-state index in [4.69, 9.17) is 0 Å². The summed E-state index contributed by atoms with van der Waals surface area (Å²) in [6.45, 7) is 0. The van der Waals surface area contributed by atoms with Crippen LogP contribution in [0.2, 0.25) is 0 Å². The Morgan fingerprint density at radius 3 is 1.50 bits per heavy atom. The van der Waals surface area contributed by atoms with E-state index in [0.29, 0.717) is 0 Å². The summed E-state index contributed by atoms with van der Waals surface area (Å²) in [6.07, 6.45) is 3.64. The van der Waals surface area contributed by atoms with Crippen LogP contribution in [0.3, 0.4) is 0 Å². The van der Waals surface area contributed by atoms with Gasteiger partial charge < -0.3 is 0 Å². The third-order valence-electron chi connectivity index (χ3n) is 2.45. The predicted octanol–water partition coefficient (Wildman–Crippen LogP) is 3.01. The van der Waals surface area contributed by atoms with Crippen molar-refractivity contribution < 1.29 is 0 Å². The molecule has 0 bridgehead atoms. The van der Waals surface area contributed by atoms with Gasteiger partial charge in [0.25, 0.3) is 0 Å². The predicted molar refractivity (Wildman–Crippen MR) is 73.4 cm³/mol. The largest absolute Gasteiger partial charge is 0.261 e. The fourth-order valence-corrected chi connectivity index (χ4v) is 2.30. The zero-order chi connectivity index (χ0) is 11.4. The van der Waals surface area contributed by atoms with Gasteiger partial charge >= 0.3 is 0 Å². The van der Waals surface area contributed by atoms with E-state index in [2.05, 4.69) is 28.4 Å². The van der Waals surface area contributed by atoms with Gasteiger partial charge in [-0.15, -0.1) is 18.5 Å². The van der Waals surface area contributed by atoms with Crippen LogP contribution in [0.1, 0.15) is 22.7 Å². The summed E-state index contributed by atoms with van der Waals surface area (Å²) < 4.78 is 0. The lowest BCUT2D eigenvalue weighted by atomic mass is 10.1. The van der Waals surface area contributed by atoms with Gasteiger partial charge in [-0.25, -0.2) is 0 Å². The molecule has 2 aromatic heterocycles. The molecule has 2 unspecified atom stereocenters. The second-order valence-corrected chi connectivity index (χ2v) is 5.00. The summed E-state index contributed by atoms with van der Waals surface area (Å²) >= 11 is 0. The molecule has 2 rings (SSSR count). The van der Waals surface area contributed by atoms with Gasteiger partial charge in [-0.3, -0.25) is 9.97 Å². The van der Waals surface area contributed by atoms with Crippen molar-refractivity contribution >= 4 is 18.5 Å². The number of aromatic nitrogens is 2. The first-order valence-corrected chi connectivity index (χ1v) is 6.45. The van der Waals surface area contributed by atoms with E-state index >= 15 is 0 Å². The molecule has 0 saturated heterocycles. The Bertz CT molecular complexity index is 390. The fourth-order valence-electron chi connectivity index (χ4n) is 1.51. The van der Waals surface area contributed by atoms with Gasteiger partial charge in [-0.1, -0.05) is 12.1 Å². The normalized spacial score (nSPS) is 14.4. The third kappa shape index (κ3) is 2.64. The molecule has 2 nitrogen and oxygen atoms in total. The van der Waals surface area contributed by atoms with Gasteiger partial charge in [0.1, 0.15) is 0 Å². The second kappa shape index (κ2) is 5.48. The van der Waals surface area contributed by atoms with Crippen molar-refractivity contribution in [3.05, 3.63) is 60.2 Å². The van der Waals surface area contributed by atoms with Crippen LogP contribution in [0, 0.1) is 0 Å². The molecule has 0 aliphatic heterocycles. The molecule has 0 fully saturated rings. The highest BCUT2D eigenvalue weighted by molar-refractivity contribution is 7.22. The van der Waals surface area contributed by atoms with E-state index in [-0.39, 0.29) is 11.3 Å². The van der Waals surface area contributed by atoms with Crippen LogP contribution in [0.25, 0.3) is 0 Å². The van der Waals surface area contributed by atoms with Crippen molar-refractivity contribution in [3.63, 3.8) is 0 Å². The van der Waals surface area contributed by atoms with Crippen LogP contribution < -0.4 is 0 Å². The highest BCUT2D eigenvalue weighted by Gasteiger charge is 2.18. The molecule has 0 aliphatic rings. The SMILES string of the molecule is P[C@@H](c1ccccn1)[C@@H](P)c1ccccn1. The van der Waals surface area contributed by atoms with Gasteiger partial charge in [-0.2, -0.15) is 0 Å². The van der Waals surface area contributed by atoms with Crippen LogP contribution in [0.4, 0.5) is 0 Å². The average molecular weight is 248 g/mol. The molecule has 4 heteroatoms. The zero-order valence-corrected chi connectivity index (χ0v) is 11.1. The van der Waals surface area contributed by atoms with Crippen molar-refractivity contribution in [3.8, 4) is 0 Å². The van der Waals surface area contributed by atoms with Crippen molar-refractivity contribution in [2.75, 3.05) is 0 Å². The highest BCUT2D eigenvalue weighted by atomic mass is 31.0. The van der Waals surface area contributed by atoms with E-state index in [1.54, 1.807) is 0 Å². The molecule has 82 valence electrons. The minimum absolute atomic E-state index is 0.265. The molecule has 4 atom stereocenters. The van der Waals surface area contributed by atoms with Crippen molar-refractivity contribution in [2.45, 2.75) is 11.3 Å². The topological polar surface area (TPSA) is 25.8 Å². The number of hydrogen-bond donors (Lipinski definition) is 0. The summed E-state index contributed by atoms with van der Waals surface area (Å²) in [5.74, 6) is 0. The molecule has 0 N–H and O–H groups in total. The first-order valence-electron chi connectivity index (χ1n) is 5.12. The first-order chi connectivity index (χ1) is 7.79. The molecular weight excluding hydrogens is 234 g/mol. The Kier molecular flexibility index (Phi) is 3.98. The van der Waals surface area contributed by atoms with Crippen LogP contribution in [0.5, 0.6) is 0 Å². The summed E-state index contributed by atoms with van der Waals surface area (Å²) in [5.41, 5.74) is 2.67. The maximum atomic E-state index is 4.36.